The minimum absolute atomic E-state index is 0.0782. The number of hydrogen-bond donors (Lipinski definition) is 2. The summed E-state index contributed by atoms with van der Waals surface area (Å²) in [5.74, 6) is 2.81. The summed E-state index contributed by atoms with van der Waals surface area (Å²) in [4.78, 5) is 36.1. The number of aromatic nitrogens is 4. The number of aromatic hydroxyl groups is 2. The first-order valence-electron chi connectivity index (χ1n) is 14.8. The third kappa shape index (κ3) is 22.2. The maximum absolute atomic E-state index is 10.7. The molecule has 0 amide bonds. The molecule has 0 aliphatic carbocycles. The Morgan fingerprint density at radius 1 is 0.673 bits per heavy atom. The van der Waals surface area contributed by atoms with Crippen molar-refractivity contribution in [1.82, 2.24) is 19.9 Å². The number of nitrogens with zero attached hydrogens (tertiary/aromatic N) is 4. The molecule has 0 unspecified atom stereocenters. The van der Waals surface area contributed by atoms with E-state index in [1.54, 1.807) is 45.7 Å². The van der Waals surface area contributed by atoms with Gasteiger partial charge in [0.05, 0.1) is 72.9 Å². The number of methoxy groups -OCH3 is 7. The van der Waals surface area contributed by atoms with Crippen LogP contribution in [-0.4, -0.2) is 119 Å². The Morgan fingerprint density at radius 2 is 1.13 bits per heavy atom. The number of pyridine rings is 4. The number of rotatable bonds is 13. The van der Waals surface area contributed by atoms with Crippen LogP contribution in [0.25, 0.3) is 0 Å². The van der Waals surface area contributed by atoms with Crippen molar-refractivity contribution >= 4 is 24.2 Å². The van der Waals surface area contributed by atoms with Crippen LogP contribution < -0.4 is 28.4 Å². The summed E-state index contributed by atoms with van der Waals surface area (Å²) in [6.45, 7) is 0.308. The highest BCUT2D eigenvalue weighted by atomic mass is 35.5. The smallest absolute Gasteiger partial charge is 0.213 e. The molecule has 0 spiro atoms. The molecule has 0 radical (unpaired) electrons. The Balaban J connectivity index is 0. The Bertz CT molecular complexity index is 1500. The van der Waals surface area contributed by atoms with Crippen LogP contribution in [0.1, 0.15) is 22.1 Å². The van der Waals surface area contributed by atoms with E-state index in [9.17, 15) is 14.0 Å². The Morgan fingerprint density at radius 3 is 1.56 bits per heavy atom. The van der Waals surface area contributed by atoms with E-state index in [0.29, 0.717) is 59.2 Å². The summed E-state index contributed by atoms with van der Waals surface area (Å²) < 4.78 is 58.7. The van der Waals surface area contributed by atoms with Crippen LogP contribution in [0.3, 0.4) is 0 Å². The van der Waals surface area contributed by atoms with Gasteiger partial charge in [-0.05, 0) is 12.1 Å². The van der Waals surface area contributed by atoms with Crippen LogP contribution in [0.2, 0.25) is 0 Å². The van der Waals surface area contributed by atoms with Crippen molar-refractivity contribution in [3.8, 4) is 46.5 Å². The molecule has 0 bridgehead atoms. The molecule has 4 aromatic heterocycles. The number of carbonyl (C=O) groups excluding carboxylic acids is 2. The Labute approximate surface area is 307 Å². The predicted octanol–water partition coefficient (Wildman–Crippen LogP) is 4.78. The number of aldehydes is 2. The van der Waals surface area contributed by atoms with Crippen molar-refractivity contribution in [3.05, 3.63) is 72.3 Å². The van der Waals surface area contributed by atoms with Crippen LogP contribution in [-0.2, 0) is 14.2 Å². The molecule has 0 aliphatic rings. The molecule has 4 aromatic rings. The van der Waals surface area contributed by atoms with Crippen molar-refractivity contribution < 1.29 is 68.2 Å². The molecular formula is C33H44ClFN4O13. The average Bonchev–Trinajstić information content (AvgIpc) is 3.21. The summed E-state index contributed by atoms with van der Waals surface area (Å²) in [6.07, 6.45) is 6.72. The highest BCUT2D eigenvalue weighted by Crippen LogP contribution is 2.20. The van der Waals surface area contributed by atoms with E-state index in [1.165, 1.54) is 65.2 Å². The molecule has 19 heteroatoms. The van der Waals surface area contributed by atoms with Crippen molar-refractivity contribution in [1.29, 1.82) is 0 Å². The molecule has 4 rings (SSSR count). The molecule has 0 aromatic carbocycles. The highest BCUT2D eigenvalue weighted by molar-refractivity contribution is 6.17. The molecule has 0 atom stereocenters. The van der Waals surface area contributed by atoms with Crippen LogP contribution in [0, 0.1) is 0 Å². The quantitative estimate of drug-likeness (QED) is 0.107. The molecule has 288 valence electrons. The monoisotopic (exact) mass is 759 g/mol. The van der Waals surface area contributed by atoms with Crippen molar-refractivity contribution in [3.63, 3.8) is 0 Å². The molecule has 2 N–H and O–H groups in total. The molecule has 0 fully saturated rings. The fourth-order valence-electron chi connectivity index (χ4n) is 2.73. The lowest BCUT2D eigenvalue weighted by Crippen LogP contribution is -2.02. The number of halogens is 2. The third-order valence-corrected chi connectivity index (χ3v) is 5.28. The zero-order valence-corrected chi connectivity index (χ0v) is 30.4. The summed E-state index contributed by atoms with van der Waals surface area (Å²) in [5, 5.41) is 17.7. The number of alkyl halides is 2. The maximum atomic E-state index is 10.7. The van der Waals surface area contributed by atoms with Gasteiger partial charge in [0.25, 0.3) is 0 Å². The summed E-state index contributed by atoms with van der Waals surface area (Å²) in [7, 11) is 9.62. The van der Waals surface area contributed by atoms with Gasteiger partial charge >= 0.3 is 0 Å². The predicted molar refractivity (Wildman–Crippen MR) is 187 cm³/mol. The SMILES string of the molecule is COCCl.COCOc1ccc(OC)nc1.COCOc1cnc(OC)cc1C=O.COc1cc(C=O)c(O)cn1.COc1ccc(O)cn1.[2H]CF. The first kappa shape index (κ1) is 46.4. The Hall–Kier alpha value is -5.56. The van der Waals surface area contributed by atoms with Crippen molar-refractivity contribution in [2.24, 2.45) is 0 Å². The summed E-state index contributed by atoms with van der Waals surface area (Å²) in [5.41, 5.74) is 0.561. The van der Waals surface area contributed by atoms with Gasteiger partial charge in [0.2, 0.25) is 23.5 Å². The molecule has 0 aliphatic heterocycles. The van der Waals surface area contributed by atoms with Gasteiger partial charge in [0.1, 0.15) is 23.3 Å². The van der Waals surface area contributed by atoms with Crippen molar-refractivity contribution in [2.45, 2.75) is 0 Å². The largest absolute Gasteiger partial charge is 0.506 e. The second-order valence-corrected chi connectivity index (χ2v) is 8.60. The molecule has 17 nitrogen and oxygen atoms in total. The lowest BCUT2D eigenvalue weighted by atomic mass is 10.3. The maximum Gasteiger partial charge on any atom is 0.213 e. The van der Waals surface area contributed by atoms with Gasteiger partial charge in [0, 0.05) is 45.6 Å². The zero-order valence-electron chi connectivity index (χ0n) is 30.7. The summed E-state index contributed by atoms with van der Waals surface area (Å²) >= 11 is 4.96. The van der Waals surface area contributed by atoms with Gasteiger partial charge < -0.3 is 52.8 Å². The standard InChI is InChI=1S/C9H11NO4.C8H11NO3.C7H7NO3.C6H7NO2.C2H5ClO.CH3F/c1-12-6-14-8-4-10-9(13-2)3-7(8)5-11;1-10-6-12-7-3-4-8(11-2)9-5-7;1-11-7-2-5(4-9)6(10)3-8-7;1-9-6-3-2-5(8)4-7-6;1-4-2-3;1-2/h3-5H,6H2,1-2H3;3-5H,6H2,1-2H3;2-4,10H,1H3;2-4,8H,1H3;2H2,1H3;1H3/i;;;;;1D. The van der Waals surface area contributed by atoms with Gasteiger partial charge in [-0.15, -0.1) is 0 Å². The minimum atomic E-state index is -1.00. The van der Waals surface area contributed by atoms with E-state index in [0.717, 1.165) is 0 Å². The fourth-order valence-corrected chi connectivity index (χ4v) is 2.73. The highest BCUT2D eigenvalue weighted by Gasteiger charge is 2.05. The number of ether oxygens (including phenoxy) is 9. The first-order chi connectivity index (χ1) is 25.6. The van der Waals surface area contributed by atoms with E-state index in [4.69, 9.17) is 61.1 Å². The molecule has 52 heavy (non-hydrogen) atoms. The van der Waals surface area contributed by atoms with Crippen LogP contribution >= 0.6 is 11.6 Å². The van der Waals surface area contributed by atoms with E-state index >= 15 is 0 Å². The lowest BCUT2D eigenvalue weighted by molar-refractivity contribution is 0.0501. The molecular weight excluding hydrogens is 715 g/mol. The summed E-state index contributed by atoms with van der Waals surface area (Å²) in [6, 6.07) is 9.76. The Kier molecular flexibility index (Phi) is 29.1. The van der Waals surface area contributed by atoms with Gasteiger partial charge in [-0.25, -0.2) is 19.9 Å². The second kappa shape index (κ2) is 32.6. The lowest BCUT2D eigenvalue weighted by Gasteiger charge is -2.07. The number of hydrogen-bond acceptors (Lipinski definition) is 17. The molecule has 0 saturated heterocycles. The van der Waals surface area contributed by atoms with Crippen LogP contribution in [0.5, 0.6) is 46.5 Å². The van der Waals surface area contributed by atoms with Crippen LogP contribution in [0.15, 0.2) is 61.2 Å². The van der Waals surface area contributed by atoms with Gasteiger partial charge in [0.15, 0.2) is 31.9 Å². The normalized spacial score (nSPS) is 9.21. The third-order valence-electron chi connectivity index (χ3n) is 5.07. The van der Waals surface area contributed by atoms with E-state index in [-0.39, 0.29) is 30.6 Å². The second-order valence-electron chi connectivity index (χ2n) is 8.38. The van der Waals surface area contributed by atoms with Gasteiger partial charge in [-0.3, -0.25) is 14.0 Å². The van der Waals surface area contributed by atoms with Crippen LogP contribution in [0.4, 0.5) is 4.39 Å². The van der Waals surface area contributed by atoms with E-state index < -0.39 is 7.15 Å². The zero-order chi connectivity index (χ0) is 40.3. The molecule has 4 heterocycles. The van der Waals surface area contributed by atoms with E-state index in [2.05, 4.69) is 24.7 Å². The molecule has 0 saturated carbocycles. The van der Waals surface area contributed by atoms with Crippen molar-refractivity contribution in [2.75, 3.05) is 76.6 Å². The fraction of sp³-hybridized carbons (Fsp3) is 0.333. The number of carbonyl (C=O) groups is 2. The van der Waals surface area contributed by atoms with Gasteiger partial charge in [-0.1, -0.05) is 11.6 Å². The van der Waals surface area contributed by atoms with Gasteiger partial charge in [-0.2, -0.15) is 0 Å². The minimum Gasteiger partial charge on any atom is -0.506 e. The van der Waals surface area contributed by atoms with E-state index in [1.807, 2.05) is 0 Å². The first-order valence-corrected chi connectivity index (χ1v) is 14.6. The topological polar surface area (TPSA) is 209 Å². The average molecular weight is 760 g/mol.